The monoisotopic (exact) mass is 298 g/mol. The van der Waals surface area contributed by atoms with Crippen molar-refractivity contribution in [3.05, 3.63) is 70.4 Å². The van der Waals surface area contributed by atoms with Crippen molar-refractivity contribution in [3.63, 3.8) is 0 Å². The summed E-state index contributed by atoms with van der Waals surface area (Å²) in [4.78, 5) is 12.6. The van der Waals surface area contributed by atoms with E-state index in [0.717, 1.165) is 11.8 Å². The topological polar surface area (TPSA) is 54.6 Å². The fourth-order valence-electron chi connectivity index (χ4n) is 2.36. The first kappa shape index (κ1) is 13.4. The zero-order valence-corrected chi connectivity index (χ0v) is 11.7. The number of pyridine rings is 1. The first-order valence-electron chi connectivity index (χ1n) is 6.31. The smallest absolute Gasteiger partial charge is 0.199 e. The molecule has 0 radical (unpaired) electrons. The molecule has 0 saturated heterocycles. The minimum atomic E-state index is -0.223. The molecule has 0 atom stereocenters. The van der Waals surface area contributed by atoms with Crippen LogP contribution in [0.4, 0.5) is 0 Å². The van der Waals surface area contributed by atoms with Gasteiger partial charge in [0.25, 0.3) is 0 Å². The Balaban J connectivity index is 2.50. The number of benzene rings is 2. The van der Waals surface area contributed by atoms with Crippen molar-refractivity contribution in [2.45, 2.75) is 0 Å². The van der Waals surface area contributed by atoms with Crippen LogP contribution in [0, 0.1) is 0 Å². The van der Waals surface area contributed by atoms with Gasteiger partial charge in [0, 0.05) is 22.7 Å². The molecular formula is C16H11ClN2O2. The maximum atomic E-state index is 12.6. The van der Waals surface area contributed by atoms with Crippen LogP contribution < -0.4 is 5.43 Å². The van der Waals surface area contributed by atoms with Gasteiger partial charge in [-0.15, -0.1) is 0 Å². The van der Waals surface area contributed by atoms with Crippen LogP contribution in [-0.4, -0.2) is 15.5 Å². The molecule has 0 amide bonds. The van der Waals surface area contributed by atoms with E-state index in [2.05, 4.69) is 5.16 Å². The van der Waals surface area contributed by atoms with E-state index in [0.29, 0.717) is 16.6 Å². The van der Waals surface area contributed by atoms with Crippen molar-refractivity contribution < 1.29 is 5.21 Å². The van der Waals surface area contributed by atoms with Crippen LogP contribution in [0.3, 0.4) is 0 Å². The van der Waals surface area contributed by atoms with Crippen LogP contribution in [0.15, 0.2) is 64.5 Å². The maximum Gasteiger partial charge on any atom is 0.199 e. The van der Waals surface area contributed by atoms with Gasteiger partial charge in [-0.3, -0.25) is 8.88 Å². The van der Waals surface area contributed by atoms with Crippen molar-refractivity contribution in [3.8, 4) is 11.3 Å². The summed E-state index contributed by atoms with van der Waals surface area (Å²) in [6, 6.07) is 16.3. The molecule has 0 aliphatic heterocycles. The van der Waals surface area contributed by atoms with Gasteiger partial charge in [-0.1, -0.05) is 47.6 Å². The van der Waals surface area contributed by atoms with Gasteiger partial charge in [0.1, 0.15) is 0 Å². The highest BCUT2D eigenvalue weighted by Crippen LogP contribution is 2.26. The molecule has 21 heavy (non-hydrogen) atoms. The second kappa shape index (κ2) is 5.42. The maximum absolute atomic E-state index is 12.6. The molecule has 1 heterocycles. The number of rotatable bonds is 2. The quantitative estimate of drug-likeness (QED) is 0.447. The molecule has 1 N–H and O–H groups in total. The second-order valence-corrected chi connectivity index (χ2v) is 4.84. The summed E-state index contributed by atoms with van der Waals surface area (Å²) in [6.45, 7) is 0. The molecule has 104 valence electrons. The molecule has 0 aliphatic rings. The number of halogens is 1. The van der Waals surface area contributed by atoms with Crippen LogP contribution in [0.5, 0.6) is 0 Å². The van der Waals surface area contributed by atoms with Crippen LogP contribution in [0.1, 0.15) is 5.56 Å². The zero-order chi connectivity index (χ0) is 14.8. The predicted molar refractivity (Wildman–Crippen MR) is 84.3 cm³/mol. The Morgan fingerprint density at radius 3 is 2.43 bits per heavy atom. The molecule has 0 bridgehead atoms. The highest BCUT2D eigenvalue weighted by Gasteiger charge is 2.16. The Kier molecular flexibility index (Phi) is 3.46. The molecule has 3 aromatic rings. The van der Waals surface area contributed by atoms with Gasteiger partial charge in [-0.2, -0.15) is 0 Å². The van der Waals surface area contributed by atoms with Crippen LogP contribution in [0.2, 0.25) is 0 Å². The number of aromatic nitrogens is 1. The Morgan fingerprint density at radius 1 is 1.05 bits per heavy atom. The fraction of sp³-hybridized carbons (Fsp3) is 0. The summed E-state index contributed by atoms with van der Waals surface area (Å²) in [7, 11) is 0. The zero-order valence-electron chi connectivity index (χ0n) is 10.9. The minimum absolute atomic E-state index is 0.223. The van der Waals surface area contributed by atoms with Crippen molar-refractivity contribution in [1.29, 1.82) is 0 Å². The minimum Gasteiger partial charge on any atom is -0.411 e. The summed E-state index contributed by atoms with van der Waals surface area (Å²) in [5.74, 6) is 0. The number of hydrogen-bond donors (Lipinski definition) is 1. The Labute approximate surface area is 125 Å². The third-order valence-electron chi connectivity index (χ3n) is 3.29. The lowest BCUT2D eigenvalue weighted by Gasteiger charge is -2.13. The largest absolute Gasteiger partial charge is 0.411 e. The molecule has 0 saturated carbocycles. The van der Waals surface area contributed by atoms with E-state index in [1.165, 1.54) is 4.09 Å². The van der Waals surface area contributed by atoms with Crippen LogP contribution in [0.25, 0.3) is 22.2 Å². The lowest BCUT2D eigenvalue weighted by Crippen LogP contribution is -2.15. The van der Waals surface area contributed by atoms with E-state index in [4.69, 9.17) is 17.0 Å². The Morgan fingerprint density at radius 2 is 1.71 bits per heavy atom. The second-order valence-electron chi connectivity index (χ2n) is 4.50. The average molecular weight is 299 g/mol. The standard InChI is InChI=1S/C16H11ClN2O2/c17-19-14-9-5-4-8-12(14)16(20)13(10-18-21)15(19)11-6-2-1-3-7-11/h1-10,21H. The van der Waals surface area contributed by atoms with E-state index >= 15 is 0 Å². The highest BCUT2D eigenvalue weighted by atomic mass is 35.5. The van der Waals surface area contributed by atoms with Gasteiger partial charge in [0.15, 0.2) is 5.43 Å². The van der Waals surface area contributed by atoms with Crippen molar-refractivity contribution in [2.75, 3.05) is 0 Å². The van der Waals surface area contributed by atoms with Crippen molar-refractivity contribution in [2.24, 2.45) is 5.16 Å². The van der Waals surface area contributed by atoms with E-state index in [1.54, 1.807) is 18.2 Å². The predicted octanol–water partition coefficient (Wildman–Crippen LogP) is 3.48. The van der Waals surface area contributed by atoms with Crippen LogP contribution in [-0.2, 0) is 0 Å². The van der Waals surface area contributed by atoms with E-state index in [-0.39, 0.29) is 11.0 Å². The molecule has 1 aromatic heterocycles. The van der Waals surface area contributed by atoms with Gasteiger partial charge in [0.05, 0.1) is 23.0 Å². The fourth-order valence-corrected chi connectivity index (χ4v) is 2.69. The normalized spacial score (nSPS) is 11.3. The number of para-hydroxylation sites is 1. The third-order valence-corrected chi connectivity index (χ3v) is 3.64. The van der Waals surface area contributed by atoms with E-state index in [1.807, 2.05) is 36.4 Å². The first-order chi connectivity index (χ1) is 10.2. The molecule has 2 aromatic carbocycles. The highest BCUT2D eigenvalue weighted by molar-refractivity contribution is 6.21. The third kappa shape index (κ3) is 2.19. The Hall–Kier alpha value is -2.59. The molecule has 0 aliphatic carbocycles. The van der Waals surface area contributed by atoms with E-state index < -0.39 is 0 Å². The molecular weight excluding hydrogens is 288 g/mol. The van der Waals surface area contributed by atoms with Gasteiger partial charge < -0.3 is 5.21 Å². The molecule has 5 heteroatoms. The van der Waals surface area contributed by atoms with E-state index in [9.17, 15) is 4.79 Å². The van der Waals surface area contributed by atoms with Gasteiger partial charge in [-0.05, 0) is 12.1 Å². The van der Waals surface area contributed by atoms with Crippen molar-refractivity contribution in [1.82, 2.24) is 4.09 Å². The number of hydrogen-bond acceptors (Lipinski definition) is 3. The number of nitrogens with zero attached hydrogens (tertiary/aromatic N) is 2. The van der Waals surface area contributed by atoms with Crippen molar-refractivity contribution >= 4 is 28.9 Å². The number of fused-ring (bicyclic) bond motifs is 1. The van der Waals surface area contributed by atoms with Gasteiger partial charge in [-0.25, -0.2) is 0 Å². The lowest BCUT2D eigenvalue weighted by atomic mass is 10.0. The summed E-state index contributed by atoms with van der Waals surface area (Å²) < 4.78 is 1.42. The number of oxime groups is 1. The summed E-state index contributed by atoms with van der Waals surface area (Å²) in [5.41, 5.74) is 1.90. The molecule has 4 nitrogen and oxygen atoms in total. The average Bonchev–Trinajstić information content (AvgIpc) is 2.54. The summed E-state index contributed by atoms with van der Waals surface area (Å²) >= 11 is 6.42. The summed E-state index contributed by atoms with van der Waals surface area (Å²) in [5, 5.41) is 12.3. The molecule has 3 rings (SSSR count). The molecule has 0 unspecified atom stereocenters. The van der Waals surface area contributed by atoms with Crippen LogP contribution >= 0.6 is 11.8 Å². The Bertz CT molecular complexity index is 886. The van der Waals surface area contributed by atoms with Gasteiger partial charge >= 0.3 is 0 Å². The first-order valence-corrected chi connectivity index (χ1v) is 6.64. The molecule has 0 fully saturated rings. The molecule has 0 spiro atoms. The SMILES string of the molecule is O=c1c(C=NO)c(-c2ccccc2)n(Cl)c2ccccc12. The lowest BCUT2D eigenvalue weighted by molar-refractivity contribution is 0.322. The van der Waals surface area contributed by atoms with Gasteiger partial charge in [0.2, 0.25) is 0 Å². The summed E-state index contributed by atoms with van der Waals surface area (Å²) in [6.07, 6.45) is 1.12.